The van der Waals surface area contributed by atoms with Crippen molar-refractivity contribution >= 4 is 44.2 Å². The minimum absolute atomic E-state index is 0.0289. The second-order valence-corrected chi connectivity index (χ2v) is 10.3. The van der Waals surface area contributed by atoms with Crippen LogP contribution in [-0.2, 0) is 10.0 Å². The highest BCUT2D eigenvalue weighted by Gasteiger charge is 2.28. The summed E-state index contributed by atoms with van der Waals surface area (Å²) in [5.74, 6) is 1.18. The highest BCUT2D eigenvalue weighted by atomic mass is 32.2. The standard InChI is InChI=1S/C27H23N5O3S/c33-27(32-17-15-31(16-18-32)25-14-11-19-5-1-3-7-23(19)29-25)20-9-12-21(13-10-20)28-26-22-6-2-4-8-24(22)36(34,35)30-26/h1-14H,15-18H2,(H,28,30). The number of carbonyl (C=O) groups excluding carboxylic acids is 1. The number of hydrogen-bond donors (Lipinski definition) is 1. The van der Waals surface area contributed by atoms with Gasteiger partial charge >= 0.3 is 0 Å². The molecule has 1 aromatic heterocycles. The summed E-state index contributed by atoms with van der Waals surface area (Å²) in [6, 6.07) is 25.9. The van der Waals surface area contributed by atoms with Crippen LogP contribution in [0.5, 0.6) is 0 Å². The molecule has 4 aromatic rings. The summed E-state index contributed by atoms with van der Waals surface area (Å²) >= 11 is 0. The van der Waals surface area contributed by atoms with Gasteiger partial charge in [-0.3, -0.25) is 4.79 Å². The number of para-hydroxylation sites is 1. The number of anilines is 2. The molecule has 36 heavy (non-hydrogen) atoms. The van der Waals surface area contributed by atoms with Crippen LogP contribution in [0.4, 0.5) is 11.5 Å². The lowest BCUT2D eigenvalue weighted by molar-refractivity contribution is 0.0746. The normalized spacial score (nSPS) is 16.5. The van der Waals surface area contributed by atoms with Crippen molar-refractivity contribution in [2.75, 3.05) is 36.4 Å². The molecule has 1 fully saturated rings. The Bertz CT molecular complexity index is 1610. The Balaban J connectivity index is 1.11. The number of benzene rings is 3. The molecule has 0 bridgehead atoms. The maximum Gasteiger partial charge on any atom is 0.285 e. The zero-order chi connectivity index (χ0) is 24.7. The monoisotopic (exact) mass is 497 g/mol. The van der Waals surface area contributed by atoms with Gasteiger partial charge in [-0.15, -0.1) is 4.40 Å². The van der Waals surface area contributed by atoms with Crippen LogP contribution in [0.2, 0.25) is 0 Å². The molecule has 0 atom stereocenters. The van der Waals surface area contributed by atoms with E-state index in [9.17, 15) is 13.2 Å². The van der Waals surface area contributed by atoms with E-state index in [1.165, 1.54) is 0 Å². The molecule has 6 rings (SSSR count). The van der Waals surface area contributed by atoms with E-state index >= 15 is 0 Å². The van der Waals surface area contributed by atoms with Crippen molar-refractivity contribution in [1.82, 2.24) is 9.88 Å². The lowest BCUT2D eigenvalue weighted by Crippen LogP contribution is -2.49. The van der Waals surface area contributed by atoms with Gasteiger partial charge in [0, 0.05) is 48.4 Å². The number of aromatic nitrogens is 1. The minimum Gasteiger partial charge on any atom is -0.353 e. The summed E-state index contributed by atoms with van der Waals surface area (Å²) in [6.07, 6.45) is 0. The van der Waals surface area contributed by atoms with Crippen LogP contribution in [0.25, 0.3) is 10.9 Å². The van der Waals surface area contributed by atoms with Crippen molar-refractivity contribution in [3.05, 3.63) is 96.1 Å². The van der Waals surface area contributed by atoms with Gasteiger partial charge in [0.25, 0.3) is 15.9 Å². The summed E-state index contributed by atoms with van der Waals surface area (Å²) < 4.78 is 28.4. The number of rotatable bonds is 3. The summed E-state index contributed by atoms with van der Waals surface area (Å²) in [5, 5.41) is 4.18. The molecule has 180 valence electrons. The fraction of sp³-hybridized carbons (Fsp3) is 0.148. The lowest BCUT2D eigenvalue weighted by Gasteiger charge is -2.35. The summed E-state index contributed by atoms with van der Waals surface area (Å²) in [4.78, 5) is 22.1. The molecule has 3 heterocycles. The van der Waals surface area contributed by atoms with Gasteiger partial charge in [0.15, 0.2) is 5.84 Å². The summed E-state index contributed by atoms with van der Waals surface area (Å²) in [5.41, 5.74) is 2.74. The Kier molecular flexibility index (Phi) is 5.41. The number of fused-ring (bicyclic) bond motifs is 2. The SMILES string of the molecule is O=C(c1ccc(NC2=NS(=O)(=O)c3ccccc32)cc1)N1CCN(c2ccc3ccccc3n2)CC1. The molecular weight excluding hydrogens is 474 g/mol. The van der Waals surface area contributed by atoms with E-state index < -0.39 is 10.0 Å². The molecule has 0 aliphatic carbocycles. The molecule has 3 aromatic carbocycles. The maximum absolute atomic E-state index is 13.1. The van der Waals surface area contributed by atoms with E-state index in [4.69, 9.17) is 4.98 Å². The number of amides is 1. The Hall–Kier alpha value is -4.24. The van der Waals surface area contributed by atoms with E-state index in [1.807, 2.05) is 35.2 Å². The third-order valence-electron chi connectivity index (χ3n) is 6.50. The van der Waals surface area contributed by atoms with Gasteiger partial charge in [0.05, 0.1) is 5.52 Å². The Labute approximate surface area is 209 Å². The first-order chi connectivity index (χ1) is 17.5. The van der Waals surface area contributed by atoms with E-state index in [1.54, 1.807) is 48.5 Å². The maximum atomic E-state index is 13.1. The van der Waals surface area contributed by atoms with Gasteiger partial charge in [0.1, 0.15) is 10.7 Å². The van der Waals surface area contributed by atoms with Crippen molar-refractivity contribution in [3.8, 4) is 0 Å². The molecule has 1 amide bonds. The van der Waals surface area contributed by atoms with Gasteiger partial charge in [-0.25, -0.2) is 4.98 Å². The Morgan fingerprint density at radius 3 is 2.33 bits per heavy atom. The van der Waals surface area contributed by atoms with Crippen LogP contribution >= 0.6 is 0 Å². The molecule has 9 heteroatoms. The topological polar surface area (TPSA) is 95.0 Å². The number of pyridine rings is 1. The van der Waals surface area contributed by atoms with Gasteiger partial charge in [0.2, 0.25) is 0 Å². The zero-order valence-electron chi connectivity index (χ0n) is 19.3. The predicted molar refractivity (Wildman–Crippen MR) is 140 cm³/mol. The summed E-state index contributed by atoms with van der Waals surface area (Å²) in [7, 11) is -3.69. The molecule has 1 saturated heterocycles. The van der Waals surface area contributed by atoms with E-state index in [0.717, 1.165) is 16.7 Å². The first kappa shape index (κ1) is 22.2. The smallest absolute Gasteiger partial charge is 0.285 e. The first-order valence-electron chi connectivity index (χ1n) is 11.7. The number of amidine groups is 1. The molecule has 0 saturated carbocycles. The lowest BCUT2D eigenvalue weighted by atomic mass is 10.1. The van der Waals surface area contributed by atoms with Gasteiger partial charge in [-0.1, -0.05) is 30.3 Å². The average Bonchev–Trinajstić information content (AvgIpc) is 3.18. The molecule has 8 nitrogen and oxygen atoms in total. The highest BCUT2D eigenvalue weighted by Crippen LogP contribution is 2.27. The fourth-order valence-corrected chi connectivity index (χ4v) is 5.76. The van der Waals surface area contributed by atoms with Crippen molar-refractivity contribution in [2.24, 2.45) is 4.40 Å². The number of nitrogens with zero attached hydrogens (tertiary/aromatic N) is 4. The van der Waals surface area contributed by atoms with Gasteiger partial charge in [-0.05, 0) is 54.6 Å². The summed E-state index contributed by atoms with van der Waals surface area (Å²) in [6.45, 7) is 2.65. The Morgan fingerprint density at radius 2 is 1.53 bits per heavy atom. The molecule has 1 N–H and O–H groups in total. The molecule has 0 radical (unpaired) electrons. The Morgan fingerprint density at radius 1 is 0.806 bits per heavy atom. The first-order valence-corrected chi connectivity index (χ1v) is 13.1. The van der Waals surface area contributed by atoms with Crippen LogP contribution in [0, 0.1) is 0 Å². The third kappa shape index (κ3) is 4.07. The third-order valence-corrected chi connectivity index (χ3v) is 7.84. The van der Waals surface area contributed by atoms with E-state index in [2.05, 4.69) is 20.7 Å². The average molecular weight is 498 g/mol. The van der Waals surface area contributed by atoms with Gasteiger partial charge in [-0.2, -0.15) is 8.42 Å². The zero-order valence-corrected chi connectivity index (χ0v) is 20.1. The largest absolute Gasteiger partial charge is 0.353 e. The molecule has 0 unspecified atom stereocenters. The predicted octanol–water partition coefficient (Wildman–Crippen LogP) is 3.76. The van der Waals surface area contributed by atoms with Crippen molar-refractivity contribution < 1.29 is 13.2 Å². The van der Waals surface area contributed by atoms with E-state index in [0.29, 0.717) is 43.0 Å². The number of nitrogens with one attached hydrogen (secondary N) is 1. The number of piperazine rings is 1. The van der Waals surface area contributed by atoms with Crippen LogP contribution in [0.3, 0.4) is 0 Å². The van der Waals surface area contributed by atoms with E-state index in [-0.39, 0.29) is 16.6 Å². The van der Waals surface area contributed by atoms with Crippen molar-refractivity contribution in [1.29, 1.82) is 0 Å². The number of carbonyl (C=O) groups is 1. The molecular formula is C27H23N5O3S. The van der Waals surface area contributed by atoms with Gasteiger partial charge < -0.3 is 15.1 Å². The molecule has 2 aliphatic rings. The second kappa shape index (κ2) is 8.76. The van der Waals surface area contributed by atoms with Crippen molar-refractivity contribution in [3.63, 3.8) is 0 Å². The minimum atomic E-state index is -3.69. The molecule has 0 spiro atoms. The van der Waals surface area contributed by atoms with Crippen LogP contribution in [0.1, 0.15) is 15.9 Å². The second-order valence-electron chi connectivity index (χ2n) is 8.75. The fourth-order valence-electron chi connectivity index (χ4n) is 4.58. The van der Waals surface area contributed by atoms with Crippen LogP contribution in [-0.4, -0.2) is 56.2 Å². The number of hydrogen-bond acceptors (Lipinski definition) is 6. The van der Waals surface area contributed by atoms with Crippen molar-refractivity contribution in [2.45, 2.75) is 4.90 Å². The molecule has 2 aliphatic heterocycles. The quantitative estimate of drug-likeness (QED) is 0.463. The van der Waals surface area contributed by atoms with Crippen LogP contribution in [0.15, 0.2) is 94.2 Å². The number of sulfonamides is 1. The highest BCUT2D eigenvalue weighted by molar-refractivity contribution is 7.90. The van der Waals surface area contributed by atoms with Crippen LogP contribution < -0.4 is 10.2 Å².